The van der Waals surface area contributed by atoms with E-state index in [1.165, 1.54) is 11.3 Å². The zero-order valence-electron chi connectivity index (χ0n) is 10.8. The predicted octanol–water partition coefficient (Wildman–Crippen LogP) is 2.47. The number of carbonyl (C=O) groups excluding carboxylic acids is 1. The summed E-state index contributed by atoms with van der Waals surface area (Å²) >= 11 is 1.49. The van der Waals surface area contributed by atoms with Crippen LogP contribution in [0, 0.1) is 6.92 Å². The highest BCUT2D eigenvalue weighted by Gasteiger charge is 2.16. The lowest BCUT2D eigenvalue weighted by Gasteiger charge is -1.99. The average molecular weight is 284 g/mol. The fourth-order valence-electron chi connectivity index (χ4n) is 1.93. The van der Waals surface area contributed by atoms with Crippen molar-refractivity contribution in [2.24, 2.45) is 5.10 Å². The van der Waals surface area contributed by atoms with Gasteiger partial charge in [-0.3, -0.25) is 9.20 Å². The number of nitrogens with one attached hydrogen (secondary N) is 1. The Morgan fingerprint density at radius 2 is 2.20 bits per heavy atom. The fourth-order valence-corrected chi connectivity index (χ4v) is 2.68. The van der Waals surface area contributed by atoms with E-state index in [1.807, 2.05) is 48.8 Å². The van der Waals surface area contributed by atoms with Gasteiger partial charge in [0.05, 0.1) is 11.9 Å². The van der Waals surface area contributed by atoms with Crippen molar-refractivity contribution in [1.29, 1.82) is 0 Å². The third kappa shape index (κ3) is 2.33. The number of thiazole rings is 1. The first-order chi connectivity index (χ1) is 9.75. The minimum Gasteiger partial charge on any atom is -0.286 e. The monoisotopic (exact) mass is 284 g/mol. The van der Waals surface area contributed by atoms with Crippen LogP contribution in [0.5, 0.6) is 0 Å². The number of benzene rings is 1. The SMILES string of the molecule is Cc1nc2sccn2c1C(=O)N/N=C/c1ccccc1. The van der Waals surface area contributed by atoms with Gasteiger partial charge in [0.1, 0.15) is 5.69 Å². The first-order valence-corrected chi connectivity index (χ1v) is 6.94. The van der Waals surface area contributed by atoms with E-state index in [9.17, 15) is 4.79 Å². The second-order valence-corrected chi connectivity index (χ2v) is 5.08. The Morgan fingerprint density at radius 1 is 1.40 bits per heavy atom. The zero-order valence-corrected chi connectivity index (χ0v) is 11.6. The summed E-state index contributed by atoms with van der Waals surface area (Å²) < 4.78 is 1.77. The lowest BCUT2D eigenvalue weighted by molar-refractivity contribution is 0.0948. The molecule has 1 aromatic carbocycles. The van der Waals surface area contributed by atoms with Crippen LogP contribution in [0.15, 0.2) is 47.0 Å². The maximum atomic E-state index is 12.1. The van der Waals surface area contributed by atoms with Crippen molar-refractivity contribution >= 4 is 28.4 Å². The Morgan fingerprint density at radius 3 is 3.00 bits per heavy atom. The number of hydrazone groups is 1. The van der Waals surface area contributed by atoms with Gasteiger partial charge in [-0.2, -0.15) is 5.10 Å². The van der Waals surface area contributed by atoms with Crippen LogP contribution >= 0.6 is 11.3 Å². The highest BCUT2D eigenvalue weighted by atomic mass is 32.1. The third-order valence-corrected chi connectivity index (χ3v) is 3.59. The molecular formula is C14H12N4OS. The van der Waals surface area contributed by atoms with Crippen molar-refractivity contribution in [1.82, 2.24) is 14.8 Å². The summed E-state index contributed by atoms with van der Waals surface area (Å²) in [6, 6.07) is 9.59. The summed E-state index contributed by atoms with van der Waals surface area (Å²) in [6.07, 6.45) is 3.44. The standard InChI is InChI=1S/C14H12N4OS/c1-10-12(18-7-8-20-14(18)16-10)13(19)17-15-9-11-5-3-2-4-6-11/h2-9H,1H3,(H,17,19)/b15-9+. The summed E-state index contributed by atoms with van der Waals surface area (Å²) in [4.78, 5) is 17.3. The number of imidazole rings is 1. The highest BCUT2D eigenvalue weighted by Crippen LogP contribution is 2.16. The second kappa shape index (κ2) is 5.26. The Hall–Kier alpha value is -2.47. The Balaban J connectivity index is 1.78. The maximum Gasteiger partial charge on any atom is 0.290 e. The van der Waals surface area contributed by atoms with E-state index in [-0.39, 0.29) is 5.91 Å². The van der Waals surface area contributed by atoms with Gasteiger partial charge in [-0.15, -0.1) is 11.3 Å². The van der Waals surface area contributed by atoms with Gasteiger partial charge >= 0.3 is 0 Å². The summed E-state index contributed by atoms with van der Waals surface area (Å²) in [5.74, 6) is -0.263. The number of fused-ring (bicyclic) bond motifs is 1. The molecule has 0 atom stereocenters. The molecule has 0 aliphatic heterocycles. The first kappa shape index (κ1) is 12.6. The number of aryl methyl sites for hydroxylation is 1. The van der Waals surface area contributed by atoms with Crippen molar-refractivity contribution in [3.63, 3.8) is 0 Å². The van der Waals surface area contributed by atoms with Gasteiger partial charge in [-0.1, -0.05) is 30.3 Å². The van der Waals surface area contributed by atoms with E-state index < -0.39 is 0 Å². The van der Waals surface area contributed by atoms with Crippen LogP contribution in [0.2, 0.25) is 0 Å². The van der Waals surface area contributed by atoms with Gasteiger partial charge in [0.2, 0.25) is 0 Å². The molecule has 0 aliphatic rings. The zero-order chi connectivity index (χ0) is 13.9. The minimum atomic E-state index is -0.263. The van der Waals surface area contributed by atoms with Crippen molar-refractivity contribution in [3.05, 3.63) is 58.9 Å². The predicted molar refractivity (Wildman–Crippen MR) is 79.3 cm³/mol. The quantitative estimate of drug-likeness (QED) is 0.593. The topological polar surface area (TPSA) is 58.8 Å². The van der Waals surface area contributed by atoms with Crippen LogP contribution in [0.3, 0.4) is 0 Å². The second-order valence-electron chi connectivity index (χ2n) is 4.21. The summed E-state index contributed by atoms with van der Waals surface area (Å²) in [7, 11) is 0. The third-order valence-electron chi connectivity index (χ3n) is 2.83. The van der Waals surface area contributed by atoms with Crippen molar-refractivity contribution in [3.8, 4) is 0 Å². The van der Waals surface area contributed by atoms with Crippen LogP contribution in [0.1, 0.15) is 21.7 Å². The first-order valence-electron chi connectivity index (χ1n) is 6.06. The molecule has 0 unspecified atom stereocenters. The maximum absolute atomic E-state index is 12.1. The molecule has 3 rings (SSSR count). The van der Waals surface area contributed by atoms with Crippen molar-refractivity contribution < 1.29 is 4.79 Å². The van der Waals surface area contributed by atoms with Gasteiger partial charge in [-0.25, -0.2) is 10.4 Å². The van der Waals surface area contributed by atoms with Crippen molar-refractivity contribution in [2.75, 3.05) is 0 Å². The molecule has 2 heterocycles. The smallest absolute Gasteiger partial charge is 0.286 e. The minimum absolute atomic E-state index is 0.263. The van der Waals surface area contributed by atoms with Gasteiger partial charge in [0.15, 0.2) is 4.96 Å². The molecule has 0 saturated heterocycles. The van der Waals surface area contributed by atoms with E-state index in [4.69, 9.17) is 0 Å². The Bertz CT molecular complexity index is 773. The lowest BCUT2D eigenvalue weighted by atomic mass is 10.2. The molecule has 1 N–H and O–H groups in total. The number of rotatable bonds is 3. The average Bonchev–Trinajstić information content (AvgIpc) is 2.99. The van der Waals surface area contributed by atoms with E-state index >= 15 is 0 Å². The van der Waals surface area contributed by atoms with Gasteiger partial charge in [0, 0.05) is 11.6 Å². The summed E-state index contributed by atoms with van der Waals surface area (Å²) in [6.45, 7) is 1.82. The molecule has 0 radical (unpaired) electrons. The Labute approximate surface area is 119 Å². The summed E-state index contributed by atoms with van der Waals surface area (Å²) in [5, 5.41) is 5.86. The molecule has 2 aromatic heterocycles. The molecule has 100 valence electrons. The molecule has 0 fully saturated rings. The lowest BCUT2D eigenvalue weighted by Crippen LogP contribution is -2.20. The molecule has 0 saturated carbocycles. The van der Waals surface area contributed by atoms with E-state index in [2.05, 4.69) is 15.5 Å². The number of amides is 1. The van der Waals surface area contributed by atoms with E-state index in [1.54, 1.807) is 10.6 Å². The molecule has 0 aliphatic carbocycles. The number of carbonyl (C=O) groups is 1. The van der Waals surface area contributed by atoms with Gasteiger partial charge < -0.3 is 0 Å². The van der Waals surface area contributed by atoms with Crippen LogP contribution < -0.4 is 5.43 Å². The molecule has 0 bridgehead atoms. The number of nitrogens with zero attached hydrogens (tertiary/aromatic N) is 3. The largest absolute Gasteiger partial charge is 0.290 e. The van der Waals surface area contributed by atoms with Crippen LogP contribution in [-0.4, -0.2) is 21.5 Å². The van der Waals surface area contributed by atoms with Crippen LogP contribution in [0.4, 0.5) is 0 Å². The van der Waals surface area contributed by atoms with Gasteiger partial charge in [-0.05, 0) is 12.5 Å². The summed E-state index contributed by atoms with van der Waals surface area (Å²) in [5.41, 5.74) is 4.68. The van der Waals surface area contributed by atoms with E-state index in [0.717, 1.165) is 10.5 Å². The number of hydrogen-bond donors (Lipinski definition) is 1. The van der Waals surface area contributed by atoms with Crippen LogP contribution in [-0.2, 0) is 0 Å². The Kier molecular flexibility index (Phi) is 3.30. The van der Waals surface area contributed by atoms with Gasteiger partial charge in [0.25, 0.3) is 5.91 Å². The molecule has 5 nitrogen and oxygen atoms in total. The molecule has 6 heteroatoms. The van der Waals surface area contributed by atoms with E-state index in [0.29, 0.717) is 11.4 Å². The number of hydrogen-bond acceptors (Lipinski definition) is 4. The molecule has 3 aromatic rings. The molecule has 0 spiro atoms. The molecule has 1 amide bonds. The molecular weight excluding hydrogens is 272 g/mol. The molecule has 20 heavy (non-hydrogen) atoms. The fraction of sp³-hybridized carbons (Fsp3) is 0.0714. The van der Waals surface area contributed by atoms with Crippen molar-refractivity contribution in [2.45, 2.75) is 6.92 Å². The van der Waals surface area contributed by atoms with Crippen LogP contribution in [0.25, 0.3) is 4.96 Å². The highest BCUT2D eigenvalue weighted by molar-refractivity contribution is 7.15. The number of aromatic nitrogens is 2. The normalized spacial score (nSPS) is 11.2.